The number of urea groups is 1. The summed E-state index contributed by atoms with van der Waals surface area (Å²) in [5.74, 6) is 0.139. The summed E-state index contributed by atoms with van der Waals surface area (Å²) in [6.45, 7) is 5.62. The van der Waals surface area contributed by atoms with Gasteiger partial charge in [0.2, 0.25) is 5.89 Å². The molecule has 2 amide bonds. The van der Waals surface area contributed by atoms with Crippen LogP contribution < -0.4 is 10.6 Å². The molecule has 0 aliphatic heterocycles. The summed E-state index contributed by atoms with van der Waals surface area (Å²) < 4.78 is 4.81. The second kappa shape index (κ2) is 6.88. The lowest BCUT2D eigenvalue weighted by Gasteiger charge is -2.25. The van der Waals surface area contributed by atoms with Crippen LogP contribution in [0.25, 0.3) is 0 Å². The Labute approximate surface area is 116 Å². The van der Waals surface area contributed by atoms with Crippen LogP contribution in [0.1, 0.15) is 38.4 Å². The van der Waals surface area contributed by atoms with Gasteiger partial charge in [-0.1, -0.05) is 5.16 Å². The number of aromatic nitrogens is 2. The third-order valence-corrected chi connectivity index (χ3v) is 2.62. The van der Waals surface area contributed by atoms with Crippen molar-refractivity contribution in [2.45, 2.75) is 45.6 Å². The predicted octanol–water partition coefficient (Wildman–Crippen LogP) is 0.863. The molecule has 0 saturated carbocycles. The summed E-state index contributed by atoms with van der Waals surface area (Å²) >= 11 is 0. The van der Waals surface area contributed by atoms with E-state index in [2.05, 4.69) is 20.8 Å². The number of hydrogen-bond acceptors (Lipinski definition) is 5. The number of rotatable bonds is 7. The van der Waals surface area contributed by atoms with Crippen LogP contribution in [-0.4, -0.2) is 39.3 Å². The van der Waals surface area contributed by atoms with Gasteiger partial charge in [-0.2, -0.15) is 4.98 Å². The fraction of sp³-hybridized carbons (Fsp3) is 0.667. The molecule has 20 heavy (non-hydrogen) atoms. The van der Waals surface area contributed by atoms with Gasteiger partial charge in [0.15, 0.2) is 5.82 Å². The molecular formula is C12H20N4O4. The Balaban J connectivity index is 2.27. The molecule has 3 N–H and O–H groups in total. The first-order chi connectivity index (χ1) is 9.28. The Morgan fingerprint density at radius 2 is 2.10 bits per heavy atom. The minimum Gasteiger partial charge on any atom is -0.481 e. The molecule has 0 unspecified atom stereocenters. The van der Waals surface area contributed by atoms with E-state index in [1.165, 1.54) is 0 Å². The molecule has 0 radical (unpaired) electrons. The zero-order valence-electron chi connectivity index (χ0n) is 11.9. The van der Waals surface area contributed by atoms with E-state index in [1.54, 1.807) is 20.8 Å². The van der Waals surface area contributed by atoms with Crippen molar-refractivity contribution in [1.82, 2.24) is 20.8 Å². The number of carboxylic acids is 1. The van der Waals surface area contributed by atoms with Crippen LogP contribution in [-0.2, 0) is 11.2 Å². The van der Waals surface area contributed by atoms with E-state index >= 15 is 0 Å². The summed E-state index contributed by atoms with van der Waals surface area (Å²) in [5, 5.41) is 17.7. The number of hydrogen-bond donors (Lipinski definition) is 3. The second-order valence-electron chi connectivity index (χ2n) is 5.14. The molecule has 1 aromatic heterocycles. The molecule has 0 spiro atoms. The number of carboxylic acid groups (broad SMARTS) is 1. The zero-order chi connectivity index (χ0) is 15.2. The molecule has 1 aromatic rings. The fourth-order valence-electron chi connectivity index (χ4n) is 1.56. The summed E-state index contributed by atoms with van der Waals surface area (Å²) in [4.78, 5) is 26.2. The molecule has 1 heterocycles. The Bertz CT molecular complexity index is 470. The summed E-state index contributed by atoms with van der Waals surface area (Å²) in [6, 6.07) is -0.347. The Kier molecular flexibility index (Phi) is 5.48. The molecular weight excluding hydrogens is 264 g/mol. The number of amides is 2. The Hall–Kier alpha value is -2.12. The van der Waals surface area contributed by atoms with E-state index in [0.29, 0.717) is 31.1 Å². The first-order valence-corrected chi connectivity index (χ1v) is 6.35. The Morgan fingerprint density at radius 3 is 2.65 bits per heavy atom. The summed E-state index contributed by atoms with van der Waals surface area (Å²) in [6.07, 6.45) is 0.843. The van der Waals surface area contributed by atoms with Crippen LogP contribution >= 0.6 is 0 Å². The topological polar surface area (TPSA) is 117 Å². The number of carbonyl (C=O) groups is 2. The van der Waals surface area contributed by atoms with E-state index in [9.17, 15) is 9.59 Å². The maximum absolute atomic E-state index is 11.7. The van der Waals surface area contributed by atoms with Crippen LogP contribution in [0.5, 0.6) is 0 Å². The normalized spacial score (nSPS) is 11.2. The fourth-order valence-corrected chi connectivity index (χ4v) is 1.56. The average molecular weight is 284 g/mol. The molecule has 0 atom stereocenters. The highest BCUT2D eigenvalue weighted by atomic mass is 16.5. The van der Waals surface area contributed by atoms with Crippen LogP contribution in [0.3, 0.4) is 0 Å². The van der Waals surface area contributed by atoms with Gasteiger partial charge < -0.3 is 20.3 Å². The quantitative estimate of drug-likeness (QED) is 0.683. The summed E-state index contributed by atoms with van der Waals surface area (Å²) in [5.41, 5.74) is -0.578. The molecule has 8 nitrogen and oxygen atoms in total. The van der Waals surface area contributed by atoms with Gasteiger partial charge in [-0.3, -0.25) is 4.79 Å². The van der Waals surface area contributed by atoms with E-state index in [4.69, 9.17) is 9.63 Å². The van der Waals surface area contributed by atoms with Gasteiger partial charge >= 0.3 is 12.0 Å². The smallest absolute Gasteiger partial charge is 0.315 e. The van der Waals surface area contributed by atoms with Crippen molar-refractivity contribution in [2.24, 2.45) is 0 Å². The SMILES string of the molecule is Cc1nc(CCNC(=O)NC(C)(C)CCC(=O)O)no1. The molecule has 0 aliphatic rings. The highest BCUT2D eigenvalue weighted by Gasteiger charge is 2.21. The van der Waals surface area contributed by atoms with E-state index in [0.717, 1.165) is 0 Å². The lowest BCUT2D eigenvalue weighted by atomic mass is 9.99. The second-order valence-corrected chi connectivity index (χ2v) is 5.14. The number of aliphatic carboxylic acids is 1. The third-order valence-electron chi connectivity index (χ3n) is 2.62. The zero-order valence-corrected chi connectivity index (χ0v) is 11.9. The predicted molar refractivity (Wildman–Crippen MR) is 70.2 cm³/mol. The van der Waals surface area contributed by atoms with E-state index in [-0.39, 0.29) is 12.5 Å². The molecule has 8 heteroatoms. The molecule has 0 fully saturated rings. The average Bonchev–Trinajstić information content (AvgIpc) is 2.72. The van der Waals surface area contributed by atoms with Crippen LogP contribution in [0, 0.1) is 6.92 Å². The first kappa shape index (κ1) is 15.9. The summed E-state index contributed by atoms with van der Waals surface area (Å²) in [7, 11) is 0. The third kappa shape index (κ3) is 6.17. The maximum atomic E-state index is 11.7. The Morgan fingerprint density at radius 1 is 1.40 bits per heavy atom. The van der Waals surface area contributed by atoms with Gasteiger partial charge in [0, 0.05) is 31.8 Å². The largest absolute Gasteiger partial charge is 0.481 e. The van der Waals surface area contributed by atoms with Crippen LogP contribution in [0.2, 0.25) is 0 Å². The van der Waals surface area contributed by atoms with Gasteiger partial charge in [-0.25, -0.2) is 4.79 Å². The monoisotopic (exact) mass is 284 g/mol. The van der Waals surface area contributed by atoms with Crippen LogP contribution in [0.4, 0.5) is 4.79 Å². The number of nitrogens with zero attached hydrogens (tertiary/aromatic N) is 2. The minimum atomic E-state index is -0.882. The molecule has 1 rings (SSSR count). The molecule has 0 aliphatic carbocycles. The number of carbonyl (C=O) groups excluding carboxylic acids is 1. The van der Waals surface area contributed by atoms with Gasteiger partial charge in [0.05, 0.1) is 0 Å². The van der Waals surface area contributed by atoms with Crippen molar-refractivity contribution in [2.75, 3.05) is 6.54 Å². The van der Waals surface area contributed by atoms with Gasteiger partial charge in [-0.15, -0.1) is 0 Å². The van der Waals surface area contributed by atoms with Crippen LogP contribution in [0.15, 0.2) is 4.52 Å². The van der Waals surface area contributed by atoms with E-state index in [1.807, 2.05) is 0 Å². The maximum Gasteiger partial charge on any atom is 0.315 e. The highest BCUT2D eigenvalue weighted by molar-refractivity contribution is 5.74. The lowest BCUT2D eigenvalue weighted by molar-refractivity contribution is -0.137. The highest BCUT2D eigenvalue weighted by Crippen LogP contribution is 2.10. The van der Waals surface area contributed by atoms with Crippen molar-refractivity contribution in [3.63, 3.8) is 0 Å². The number of nitrogens with one attached hydrogen (secondary N) is 2. The van der Waals surface area contributed by atoms with Crippen molar-refractivity contribution in [3.05, 3.63) is 11.7 Å². The number of aryl methyl sites for hydroxylation is 1. The minimum absolute atomic E-state index is 0.00934. The van der Waals surface area contributed by atoms with Gasteiger partial charge in [0.1, 0.15) is 0 Å². The van der Waals surface area contributed by atoms with Gasteiger partial charge in [0.25, 0.3) is 0 Å². The van der Waals surface area contributed by atoms with Crippen molar-refractivity contribution >= 4 is 12.0 Å². The van der Waals surface area contributed by atoms with E-state index < -0.39 is 11.5 Å². The van der Waals surface area contributed by atoms with Crippen molar-refractivity contribution < 1.29 is 19.2 Å². The van der Waals surface area contributed by atoms with Gasteiger partial charge in [-0.05, 0) is 20.3 Å². The van der Waals surface area contributed by atoms with Crippen molar-refractivity contribution in [1.29, 1.82) is 0 Å². The first-order valence-electron chi connectivity index (χ1n) is 6.35. The molecule has 0 aromatic carbocycles. The molecule has 0 bridgehead atoms. The van der Waals surface area contributed by atoms with Crippen molar-refractivity contribution in [3.8, 4) is 0 Å². The molecule has 0 saturated heterocycles. The lowest BCUT2D eigenvalue weighted by Crippen LogP contribution is -2.48. The molecule has 112 valence electrons. The standard InChI is InChI=1S/C12H20N4O4/c1-8-14-9(16-20-8)5-7-13-11(19)15-12(2,3)6-4-10(17)18/h4-7H2,1-3H3,(H,17,18)(H2,13,15,19).